The summed E-state index contributed by atoms with van der Waals surface area (Å²) in [5.74, 6) is 0.0734. The predicted molar refractivity (Wildman–Crippen MR) is 46.2 cm³/mol. The highest BCUT2D eigenvalue weighted by Crippen LogP contribution is 2.06. The van der Waals surface area contributed by atoms with Gasteiger partial charge in [0, 0.05) is 12.0 Å². The fourth-order valence-electron chi connectivity index (χ4n) is 1.08. The van der Waals surface area contributed by atoms with Crippen molar-refractivity contribution in [2.45, 2.75) is 13.3 Å². The van der Waals surface area contributed by atoms with E-state index in [1.54, 1.807) is 18.2 Å². The number of Topliss-reactive ketones (excluding diaryl/α,β-unsaturated/α-hetero) is 1. The summed E-state index contributed by atoms with van der Waals surface area (Å²) < 4.78 is 0. The molecule has 0 N–H and O–H groups in total. The van der Waals surface area contributed by atoms with Gasteiger partial charge in [-0.05, 0) is 12.5 Å². The summed E-state index contributed by atoms with van der Waals surface area (Å²) in [6.07, 6.45) is 1.12. The lowest BCUT2D eigenvalue weighted by Crippen LogP contribution is -1.99. The largest absolute Gasteiger partial charge is 0.300 e. The van der Waals surface area contributed by atoms with E-state index in [1.165, 1.54) is 6.92 Å². The minimum Gasteiger partial charge on any atom is -0.300 e. The standard InChI is InChI=1S/C10H10O2/c1-8(12)6-9-4-2-3-5-10(9)7-11/h2-5,7H,6H2,1H3. The minimum atomic E-state index is 0.0734. The number of hydrogen-bond donors (Lipinski definition) is 0. The van der Waals surface area contributed by atoms with E-state index >= 15 is 0 Å². The summed E-state index contributed by atoms with van der Waals surface area (Å²) in [6.45, 7) is 1.52. The van der Waals surface area contributed by atoms with Crippen molar-refractivity contribution in [1.82, 2.24) is 0 Å². The van der Waals surface area contributed by atoms with Gasteiger partial charge in [-0.2, -0.15) is 0 Å². The lowest BCUT2D eigenvalue weighted by molar-refractivity contribution is -0.116. The lowest BCUT2D eigenvalue weighted by atomic mass is 10.0. The monoisotopic (exact) mass is 162 g/mol. The molecule has 2 nitrogen and oxygen atoms in total. The highest BCUT2D eigenvalue weighted by molar-refractivity contribution is 5.83. The quantitative estimate of drug-likeness (QED) is 0.633. The van der Waals surface area contributed by atoms with E-state index in [2.05, 4.69) is 0 Å². The molecule has 0 aliphatic heterocycles. The van der Waals surface area contributed by atoms with Gasteiger partial charge in [-0.3, -0.25) is 9.59 Å². The summed E-state index contributed by atoms with van der Waals surface area (Å²) >= 11 is 0. The molecule has 0 radical (unpaired) electrons. The molecule has 0 atom stereocenters. The third-order valence-electron chi connectivity index (χ3n) is 1.62. The molecule has 0 unspecified atom stereocenters. The van der Waals surface area contributed by atoms with Crippen molar-refractivity contribution in [3.05, 3.63) is 35.4 Å². The maximum absolute atomic E-state index is 10.8. The maximum Gasteiger partial charge on any atom is 0.150 e. The fraction of sp³-hybridized carbons (Fsp3) is 0.200. The normalized spacial score (nSPS) is 9.42. The number of rotatable bonds is 3. The van der Waals surface area contributed by atoms with Crippen LogP contribution in [0.5, 0.6) is 0 Å². The molecule has 1 rings (SSSR count). The van der Waals surface area contributed by atoms with E-state index in [1.807, 2.05) is 6.07 Å². The zero-order valence-electron chi connectivity index (χ0n) is 6.91. The van der Waals surface area contributed by atoms with Gasteiger partial charge in [-0.1, -0.05) is 24.3 Å². The first-order valence-electron chi connectivity index (χ1n) is 3.76. The summed E-state index contributed by atoms with van der Waals surface area (Å²) in [7, 11) is 0. The van der Waals surface area contributed by atoms with Crippen LogP contribution in [0.25, 0.3) is 0 Å². The molecule has 0 aliphatic rings. The Bertz CT molecular complexity index is 302. The van der Waals surface area contributed by atoms with Crippen molar-refractivity contribution in [1.29, 1.82) is 0 Å². The molecule has 0 amide bonds. The van der Waals surface area contributed by atoms with Gasteiger partial charge in [-0.25, -0.2) is 0 Å². The summed E-state index contributed by atoms with van der Waals surface area (Å²) in [5, 5.41) is 0. The van der Waals surface area contributed by atoms with Crippen molar-refractivity contribution in [2.24, 2.45) is 0 Å². The topological polar surface area (TPSA) is 34.1 Å². The second-order valence-electron chi connectivity index (χ2n) is 2.70. The predicted octanol–water partition coefficient (Wildman–Crippen LogP) is 1.63. The van der Waals surface area contributed by atoms with E-state index in [9.17, 15) is 9.59 Å². The van der Waals surface area contributed by atoms with Gasteiger partial charge in [0.25, 0.3) is 0 Å². The van der Waals surface area contributed by atoms with Crippen LogP contribution in [0.2, 0.25) is 0 Å². The average molecular weight is 162 g/mol. The Hall–Kier alpha value is -1.44. The van der Waals surface area contributed by atoms with Crippen LogP contribution in [-0.2, 0) is 11.2 Å². The Morgan fingerprint density at radius 3 is 2.67 bits per heavy atom. The van der Waals surface area contributed by atoms with Crippen LogP contribution in [0.15, 0.2) is 24.3 Å². The van der Waals surface area contributed by atoms with Crippen LogP contribution in [0.1, 0.15) is 22.8 Å². The first-order valence-corrected chi connectivity index (χ1v) is 3.76. The molecule has 0 saturated carbocycles. The molecule has 0 saturated heterocycles. The van der Waals surface area contributed by atoms with E-state index in [4.69, 9.17) is 0 Å². The van der Waals surface area contributed by atoms with Gasteiger partial charge >= 0.3 is 0 Å². The third kappa shape index (κ3) is 2.02. The zero-order chi connectivity index (χ0) is 8.97. The van der Waals surface area contributed by atoms with Crippen molar-refractivity contribution in [3.63, 3.8) is 0 Å². The van der Waals surface area contributed by atoms with Gasteiger partial charge < -0.3 is 0 Å². The SMILES string of the molecule is CC(=O)Cc1ccccc1C=O. The molecule has 0 aliphatic carbocycles. The van der Waals surface area contributed by atoms with Gasteiger partial charge in [0.2, 0.25) is 0 Å². The zero-order valence-corrected chi connectivity index (χ0v) is 6.91. The molecule has 0 bridgehead atoms. The second kappa shape index (κ2) is 3.81. The van der Waals surface area contributed by atoms with Crippen LogP contribution in [-0.4, -0.2) is 12.1 Å². The Morgan fingerprint density at radius 1 is 1.42 bits per heavy atom. The number of carbonyl (C=O) groups is 2. The second-order valence-corrected chi connectivity index (χ2v) is 2.70. The number of ketones is 1. The molecule has 0 aromatic heterocycles. The number of aldehydes is 1. The van der Waals surface area contributed by atoms with Crippen LogP contribution >= 0.6 is 0 Å². The molecule has 0 heterocycles. The first-order chi connectivity index (χ1) is 5.74. The molecule has 1 aromatic rings. The Morgan fingerprint density at radius 2 is 2.08 bits per heavy atom. The summed E-state index contributed by atoms with van der Waals surface area (Å²) in [5.41, 5.74) is 1.41. The van der Waals surface area contributed by atoms with E-state index < -0.39 is 0 Å². The Balaban J connectivity index is 2.96. The van der Waals surface area contributed by atoms with Gasteiger partial charge in [-0.15, -0.1) is 0 Å². The van der Waals surface area contributed by atoms with Crippen molar-refractivity contribution >= 4 is 12.1 Å². The highest BCUT2D eigenvalue weighted by Gasteiger charge is 2.01. The molecular formula is C10H10O2. The van der Waals surface area contributed by atoms with Crippen LogP contribution in [0, 0.1) is 0 Å². The average Bonchev–Trinajstić information content (AvgIpc) is 2.04. The number of carbonyl (C=O) groups excluding carboxylic acids is 2. The first kappa shape index (κ1) is 8.65. The highest BCUT2D eigenvalue weighted by atomic mass is 16.1. The van der Waals surface area contributed by atoms with E-state index in [0.717, 1.165) is 11.8 Å². The molecule has 1 aromatic carbocycles. The van der Waals surface area contributed by atoms with Gasteiger partial charge in [0.15, 0.2) is 0 Å². The van der Waals surface area contributed by atoms with Crippen LogP contribution in [0.3, 0.4) is 0 Å². The molecule has 2 heteroatoms. The Kier molecular flexibility index (Phi) is 2.75. The fourth-order valence-corrected chi connectivity index (χ4v) is 1.08. The number of hydrogen-bond acceptors (Lipinski definition) is 2. The van der Waals surface area contributed by atoms with Crippen LogP contribution in [0.4, 0.5) is 0 Å². The van der Waals surface area contributed by atoms with Gasteiger partial charge in [0.05, 0.1) is 0 Å². The minimum absolute atomic E-state index is 0.0734. The van der Waals surface area contributed by atoms with Gasteiger partial charge in [0.1, 0.15) is 12.1 Å². The molecule has 0 fully saturated rings. The molecule has 12 heavy (non-hydrogen) atoms. The van der Waals surface area contributed by atoms with Crippen LogP contribution < -0.4 is 0 Å². The molecule has 0 spiro atoms. The van der Waals surface area contributed by atoms with Crippen molar-refractivity contribution in [3.8, 4) is 0 Å². The van der Waals surface area contributed by atoms with E-state index in [0.29, 0.717) is 12.0 Å². The third-order valence-corrected chi connectivity index (χ3v) is 1.62. The summed E-state index contributed by atoms with van der Waals surface area (Å²) in [6, 6.07) is 7.12. The van der Waals surface area contributed by atoms with E-state index in [-0.39, 0.29) is 5.78 Å². The Labute approximate surface area is 71.2 Å². The summed E-state index contributed by atoms with van der Waals surface area (Å²) in [4.78, 5) is 21.3. The molecular weight excluding hydrogens is 152 g/mol. The smallest absolute Gasteiger partial charge is 0.150 e. The lowest BCUT2D eigenvalue weighted by Gasteiger charge is -1.99. The number of benzene rings is 1. The van der Waals surface area contributed by atoms with Crippen molar-refractivity contribution in [2.75, 3.05) is 0 Å². The maximum atomic E-state index is 10.8. The van der Waals surface area contributed by atoms with Crippen molar-refractivity contribution < 1.29 is 9.59 Å². The molecule has 62 valence electrons.